The van der Waals surface area contributed by atoms with Crippen LogP contribution >= 0.6 is 0 Å². The quantitative estimate of drug-likeness (QED) is 0.540. The third kappa shape index (κ3) is 5.17. The van der Waals surface area contributed by atoms with Crippen molar-refractivity contribution in [1.82, 2.24) is 5.32 Å². The van der Waals surface area contributed by atoms with Crippen LogP contribution in [0.2, 0.25) is 0 Å². The number of nitrogens with one attached hydrogen (secondary N) is 1. The molecule has 1 unspecified atom stereocenters. The summed E-state index contributed by atoms with van der Waals surface area (Å²) in [6, 6.07) is 1.99. The second-order valence-electron chi connectivity index (χ2n) is 2.51. The first kappa shape index (κ1) is 11.9. The van der Waals surface area contributed by atoms with Gasteiger partial charge in [-0.1, -0.05) is 0 Å². The van der Waals surface area contributed by atoms with Crippen molar-refractivity contribution >= 4 is 5.91 Å². The highest BCUT2D eigenvalue weighted by Gasteiger charge is 2.13. The number of nitrogens with zero attached hydrogens (tertiary/aromatic N) is 1. The molecule has 0 radical (unpaired) electrons. The number of unbranched alkanes of at least 4 members (excludes halogenated alkanes) is 1. The summed E-state index contributed by atoms with van der Waals surface area (Å²) in [6.45, 7) is 0.660. The van der Waals surface area contributed by atoms with Crippen molar-refractivity contribution in [3.8, 4) is 6.07 Å². The Hall–Kier alpha value is -1.12. The van der Waals surface area contributed by atoms with Gasteiger partial charge in [0.15, 0.2) is 0 Å². The van der Waals surface area contributed by atoms with Gasteiger partial charge in [-0.15, -0.1) is 0 Å². The van der Waals surface area contributed by atoms with E-state index in [0.29, 0.717) is 19.4 Å². The molecule has 13 heavy (non-hydrogen) atoms. The molecular weight excluding hydrogens is 170 g/mol. The van der Waals surface area contributed by atoms with Gasteiger partial charge < -0.3 is 15.8 Å². The molecule has 0 spiro atoms. The second-order valence-corrected chi connectivity index (χ2v) is 2.51. The average molecular weight is 185 g/mol. The molecule has 0 aliphatic carbocycles. The van der Waals surface area contributed by atoms with Gasteiger partial charge in [0.25, 0.3) is 0 Å². The van der Waals surface area contributed by atoms with Gasteiger partial charge in [-0.25, -0.2) is 0 Å². The summed E-state index contributed by atoms with van der Waals surface area (Å²) in [5.41, 5.74) is 5.28. The van der Waals surface area contributed by atoms with E-state index < -0.39 is 6.10 Å². The van der Waals surface area contributed by atoms with Crippen LogP contribution in [0.25, 0.3) is 0 Å². The van der Waals surface area contributed by atoms with Crippen LogP contribution in [0.3, 0.4) is 0 Å². The number of hydrogen-bond donors (Lipinski definition) is 2. The second kappa shape index (κ2) is 7.53. The number of nitrogens with two attached hydrogens (primary N) is 1. The minimum absolute atomic E-state index is 0.167. The first-order valence-electron chi connectivity index (χ1n) is 4.13. The van der Waals surface area contributed by atoms with E-state index in [4.69, 9.17) is 15.7 Å². The molecule has 0 aromatic rings. The Morgan fingerprint density at radius 3 is 2.92 bits per heavy atom. The molecule has 0 aromatic carbocycles. The van der Waals surface area contributed by atoms with Crippen molar-refractivity contribution in [2.45, 2.75) is 18.9 Å². The van der Waals surface area contributed by atoms with Crippen LogP contribution in [-0.4, -0.2) is 32.2 Å². The Bertz CT molecular complexity index is 184. The van der Waals surface area contributed by atoms with Crippen molar-refractivity contribution in [3.05, 3.63) is 0 Å². The van der Waals surface area contributed by atoms with Gasteiger partial charge in [0.2, 0.25) is 5.91 Å². The van der Waals surface area contributed by atoms with Gasteiger partial charge in [-0.05, 0) is 6.42 Å². The lowest BCUT2D eigenvalue weighted by atomic mass is 10.3. The fourth-order valence-corrected chi connectivity index (χ4v) is 0.803. The van der Waals surface area contributed by atoms with Crippen molar-refractivity contribution in [1.29, 1.82) is 5.26 Å². The van der Waals surface area contributed by atoms with E-state index in [0.717, 1.165) is 0 Å². The van der Waals surface area contributed by atoms with Crippen LogP contribution < -0.4 is 11.1 Å². The molecule has 5 heteroatoms. The number of nitriles is 1. The van der Waals surface area contributed by atoms with Crippen molar-refractivity contribution in [2.24, 2.45) is 5.73 Å². The van der Waals surface area contributed by atoms with E-state index in [1.165, 1.54) is 7.11 Å². The highest BCUT2D eigenvalue weighted by Crippen LogP contribution is 1.88. The SMILES string of the molecule is COC(CN)C(=O)NCCCC#N. The Balaban J connectivity index is 3.55. The molecule has 1 amide bonds. The molecule has 0 rings (SSSR count). The molecule has 0 aliphatic heterocycles. The predicted molar refractivity (Wildman–Crippen MR) is 47.7 cm³/mol. The number of hydrogen-bond acceptors (Lipinski definition) is 4. The standard InChI is InChI=1S/C8H15N3O2/c1-13-7(6-10)8(12)11-5-3-2-4-9/h7H,2-3,5-6,10H2,1H3,(H,11,12). The Labute approximate surface area is 77.9 Å². The van der Waals surface area contributed by atoms with Gasteiger partial charge in [0, 0.05) is 26.6 Å². The summed E-state index contributed by atoms with van der Waals surface area (Å²) in [5, 5.41) is 10.8. The third-order valence-corrected chi connectivity index (χ3v) is 1.56. The molecule has 74 valence electrons. The Morgan fingerprint density at radius 1 is 1.77 bits per heavy atom. The third-order valence-electron chi connectivity index (χ3n) is 1.56. The number of methoxy groups -OCH3 is 1. The van der Waals surface area contributed by atoms with E-state index in [9.17, 15) is 4.79 Å². The predicted octanol–water partition coefficient (Wildman–Crippen LogP) is -0.620. The maximum absolute atomic E-state index is 11.2. The van der Waals surface area contributed by atoms with Gasteiger partial charge >= 0.3 is 0 Å². The molecule has 0 fully saturated rings. The van der Waals surface area contributed by atoms with Crippen LogP contribution in [0.1, 0.15) is 12.8 Å². The molecule has 0 saturated heterocycles. The highest BCUT2D eigenvalue weighted by atomic mass is 16.5. The van der Waals surface area contributed by atoms with E-state index in [1.54, 1.807) is 0 Å². The number of carbonyl (C=O) groups excluding carboxylic acids is 1. The van der Waals surface area contributed by atoms with Gasteiger partial charge in [0.05, 0.1) is 6.07 Å². The Kier molecular flexibility index (Phi) is 6.88. The fraction of sp³-hybridized carbons (Fsp3) is 0.750. The minimum atomic E-state index is -0.581. The molecule has 0 aliphatic rings. The number of carbonyl (C=O) groups is 1. The van der Waals surface area contributed by atoms with Crippen LogP contribution in [-0.2, 0) is 9.53 Å². The zero-order chi connectivity index (χ0) is 10.1. The molecule has 3 N–H and O–H groups in total. The Morgan fingerprint density at radius 2 is 2.46 bits per heavy atom. The molecule has 0 aromatic heterocycles. The highest BCUT2D eigenvalue weighted by molar-refractivity contribution is 5.80. The van der Waals surface area contributed by atoms with E-state index in [2.05, 4.69) is 5.32 Å². The summed E-state index contributed by atoms with van der Waals surface area (Å²) in [7, 11) is 1.44. The molecule has 0 bridgehead atoms. The van der Waals surface area contributed by atoms with Gasteiger partial charge in [-0.3, -0.25) is 4.79 Å². The topological polar surface area (TPSA) is 88.1 Å². The van der Waals surface area contributed by atoms with Crippen molar-refractivity contribution in [3.63, 3.8) is 0 Å². The maximum Gasteiger partial charge on any atom is 0.250 e. The minimum Gasteiger partial charge on any atom is -0.370 e. The molecule has 0 heterocycles. The van der Waals surface area contributed by atoms with E-state index in [-0.39, 0.29) is 12.5 Å². The number of ether oxygens (including phenoxy) is 1. The first-order valence-corrected chi connectivity index (χ1v) is 4.13. The lowest BCUT2D eigenvalue weighted by Gasteiger charge is -2.12. The number of rotatable bonds is 6. The fourth-order valence-electron chi connectivity index (χ4n) is 0.803. The van der Waals surface area contributed by atoms with Crippen LogP contribution in [0, 0.1) is 11.3 Å². The summed E-state index contributed by atoms with van der Waals surface area (Å²) in [5.74, 6) is -0.220. The van der Waals surface area contributed by atoms with Gasteiger partial charge in [0.1, 0.15) is 6.10 Å². The zero-order valence-electron chi connectivity index (χ0n) is 7.75. The first-order chi connectivity index (χ1) is 6.26. The maximum atomic E-state index is 11.2. The number of amides is 1. The van der Waals surface area contributed by atoms with E-state index >= 15 is 0 Å². The van der Waals surface area contributed by atoms with Crippen LogP contribution in [0.5, 0.6) is 0 Å². The largest absolute Gasteiger partial charge is 0.370 e. The monoisotopic (exact) mass is 185 g/mol. The molecule has 1 atom stereocenters. The van der Waals surface area contributed by atoms with Crippen LogP contribution in [0.4, 0.5) is 0 Å². The molecular formula is C8H15N3O2. The lowest BCUT2D eigenvalue weighted by Crippen LogP contribution is -2.40. The van der Waals surface area contributed by atoms with Crippen LogP contribution in [0.15, 0.2) is 0 Å². The summed E-state index contributed by atoms with van der Waals surface area (Å²) in [4.78, 5) is 11.2. The van der Waals surface area contributed by atoms with Gasteiger partial charge in [-0.2, -0.15) is 5.26 Å². The summed E-state index contributed by atoms with van der Waals surface area (Å²) in [6.07, 6.45) is 0.520. The van der Waals surface area contributed by atoms with Crippen molar-refractivity contribution in [2.75, 3.05) is 20.2 Å². The molecule has 0 saturated carbocycles. The summed E-state index contributed by atoms with van der Waals surface area (Å²) < 4.78 is 4.82. The van der Waals surface area contributed by atoms with E-state index in [1.807, 2.05) is 6.07 Å². The molecule has 5 nitrogen and oxygen atoms in total. The summed E-state index contributed by atoms with van der Waals surface area (Å²) >= 11 is 0. The normalized spacial score (nSPS) is 11.8. The zero-order valence-corrected chi connectivity index (χ0v) is 7.75. The van der Waals surface area contributed by atoms with Crippen molar-refractivity contribution < 1.29 is 9.53 Å². The average Bonchev–Trinajstić information content (AvgIpc) is 2.14. The lowest BCUT2D eigenvalue weighted by molar-refractivity contribution is -0.130. The smallest absolute Gasteiger partial charge is 0.250 e.